The normalized spacial score (nSPS) is 21.7. The van der Waals surface area contributed by atoms with Crippen LogP contribution < -0.4 is 16.0 Å². The van der Waals surface area contributed by atoms with Crippen LogP contribution in [0, 0.1) is 5.92 Å². The highest BCUT2D eigenvalue weighted by Gasteiger charge is 2.18. The first kappa shape index (κ1) is 17.4. The van der Waals surface area contributed by atoms with Gasteiger partial charge in [0, 0.05) is 12.6 Å². The van der Waals surface area contributed by atoms with Crippen LogP contribution in [-0.2, 0) is 11.3 Å². The lowest BCUT2D eigenvalue weighted by atomic mass is 9.87. The van der Waals surface area contributed by atoms with E-state index in [4.69, 9.17) is 4.42 Å². The highest BCUT2D eigenvalue weighted by Crippen LogP contribution is 2.23. The van der Waals surface area contributed by atoms with Gasteiger partial charge >= 0.3 is 0 Å². The largest absolute Gasteiger partial charge is 0.467 e. The number of carbonyl (C=O) groups is 1. The van der Waals surface area contributed by atoms with Crippen molar-refractivity contribution in [3.63, 3.8) is 0 Å². The molecule has 0 aliphatic heterocycles. The van der Waals surface area contributed by atoms with Crippen LogP contribution >= 0.6 is 0 Å². The predicted molar refractivity (Wildman–Crippen MR) is 91.1 cm³/mol. The first-order valence-corrected chi connectivity index (χ1v) is 8.51. The van der Waals surface area contributed by atoms with E-state index < -0.39 is 0 Å². The summed E-state index contributed by atoms with van der Waals surface area (Å²) in [5.74, 6) is 2.17. The van der Waals surface area contributed by atoms with Gasteiger partial charge in [0.1, 0.15) is 12.3 Å². The first-order valence-electron chi connectivity index (χ1n) is 8.51. The van der Waals surface area contributed by atoms with Gasteiger partial charge in [0.15, 0.2) is 5.96 Å². The molecule has 1 aliphatic carbocycles. The number of hydrogen-bond donors (Lipinski definition) is 3. The molecule has 1 heterocycles. The van der Waals surface area contributed by atoms with Gasteiger partial charge in [-0.3, -0.25) is 4.79 Å². The Morgan fingerprint density at radius 3 is 2.74 bits per heavy atom. The average Bonchev–Trinajstić information content (AvgIpc) is 3.06. The van der Waals surface area contributed by atoms with Crippen molar-refractivity contribution in [2.24, 2.45) is 10.9 Å². The Morgan fingerprint density at radius 2 is 2.09 bits per heavy atom. The average molecular weight is 320 g/mol. The zero-order valence-corrected chi connectivity index (χ0v) is 14.1. The van der Waals surface area contributed by atoms with Crippen LogP contribution in [0.2, 0.25) is 0 Å². The van der Waals surface area contributed by atoms with Crippen molar-refractivity contribution >= 4 is 11.9 Å². The van der Waals surface area contributed by atoms with Gasteiger partial charge in [-0.05, 0) is 50.7 Å². The number of amides is 1. The second kappa shape index (κ2) is 9.22. The summed E-state index contributed by atoms with van der Waals surface area (Å²) in [4.78, 5) is 16.2. The minimum absolute atomic E-state index is 0.110. The SMILES string of the molecule is CCNC(=NCC(=O)NCc1ccco1)NC1CCC(C)CC1. The molecule has 0 aromatic carbocycles. The van der Waals surface area contributed by atoms with E-state index in [2.05, 4.69) is 27.9 Å². The van der Waals surface area contributed by atoms with Crippen LogP contribution in [0.15, 0.2) is 27.8 Å². The highest BCUT2D eigenvalue weighted by atomic mass is 16.3. The summed E-state index contributed by atoms with van der Waals surface area (Å²) in [5.41, 5.74) is 0. The Kier molecular flexibility index (Phi) is 6.97. The molecule has 1 aliphatic rings. The number of nitrogens with zero attached hydrogens (tertiary/aromatic N) is 1. The molecule has 0 atom stereocenters. The summed E-state index contributed by atoms with van der Waals surface area (Å²) in [7, 11) is 0. The van der Waals surface area contributed by atoms with Gasteiger partial charge in [0.05, 0.1) is 12.8 Å². The van der Waals surface area contributed by atoms with E-state index in [1.807, 2.05) is 13.0 Å². The fraction of sp³-hybridized carbons (Fsp3) is 0.647. The second-order valence-electron chi connectivity index (χ2n) is 6.15. The molecule has 128 valence electrons. The summed E-state index contributed by atoms with van der Waals surface area (Å²) in [5, 5.41) is 9.45. The van der Waals surface area contributed by atoms with Crippen molar-refractivity contribution in [1.82, 2.24) is 16.0 Å². The molecular weight excluding hydrogens is 292 g/mol. The van der Waals surface area contributed by atoms with Crippen molar-refractivity contribution in [1.29, 1.82) is 0 Å². The number of furan rings is 1. The summed E-state index contributed by atoms with van der Waals surface area (Å²) >= 11 is 0. The number of rotatable bonds is 6. The number of guanidine groups is 1. The summed E-state index contributed by atoms with van der Waals surface area (Å²) < 4.78 is 5.18. The molecule has 0 bridgehead atoms. The zero-order chi connectivity index (χ0) is 16.5. The molecule has 1 fully saturated rings. The van der Waals surface area contributed by atoms with Gasteiger partial charge in [-0.2, -0.15) is 0 Å². The fourth-order valence-electron chi connectivity index (χ4n) is 2.72. The minimum Gasteiger partial charge on any atom is -0.467 e. The Labute approximate surface area is 138 Å². The first-order chi connectivity index (χ1) is 11.2. The maximum Gasteiger partial charge on any atom is 0.242 e. The lowest BCUT2D eigenvalue weighted by molar-refractivity contribution is -0.119. The quantitative estimate of drug-likeness (QED) is 0.553. The summed E-state index contributed by atoms with van der Waals surface area (Å²) in [6.07, 6.45) is 6.42. The summed E-state index contributed by atoms with van der Waals surface area (Å²) in [6.45, 7) is 5.62. The molecule has 0 saturated heterocycles. The third-order valence-electron chi connectivity index (χ3n) is 4.12. The van der Waals surface area contributed by atoms with Crippen molar-refractivity contribution < 1.29 is 9.21 Å². The van der Waals surface area contributed by atoms with E-state index in [1.54, 1.807) is 12.3 Å². The van der Waals surface area contributed by atoms with Crippen LogP contribution in [0.3, 0.4) is 0 Å². The molecule has 0 spiro atoms. The van der Waals surface area contributed by atoms with Gasteiger partial charge in [-0.1, -0.05) is 6.92 Å². The van der Waals surface area contributed by atoms with Gasteiger partial charge in [0.25, 0.3) is 0 Å². The number of carbonyl (C=O) groups excluding carboxylic acids is 1. The Balaban J connectivity index is 1.76. The molecule has 1 saturated carbocycles. The summed E-state index contributed by atoms with van der Waals surface area (Å²) in [6, 6.07) is 4.09. The Bertz CT molecular complexity index is 491. The van der Waals surface area contributed by atoms with E-state index in [0.717, 1.165) is 37.0 Å². The van der Waals surface area contributed by atoms with Crippen LogP contribution in [0.25, 0.3) is 0 Å². The number of hydrogen-bond acceptors (Lipinski definition) is 3. The van der Waals surface area contributed by atoms with E-state index in [1.165, 1.54) is 12.8 Å². The molecule has 23 heavy (non-hydrogen) atoms. The molecule has 6 nitrogen and oxygen atoms in total. The van der Waals surface area contributed by atoms with Crippen LogP contribution in [0.4, 0.5) is 0 Å². The second-order valence-corrected chi connectivity index (χ2v) is 6.15. The fourth-order valence-corrected chi connectivity index (χ4v) is 2.72. The Morgan fingerprint density at radius 1 is 1.30 bits per heavy atom. The lowest BCUT2D eigenvalue weighted by Crippen LogP contribution is -2.45. The molecule has 1 aromatic heterocycles. The Hall–Kier alpha value is -1.98. The van der Waals surface area contributed by atoms with Crippen molar-refractivity contribution in [2.45, 2.75) is 52.1 Å². The third kappa shape index (κ3) is 6.34. The lowest BCUT2D eigenvalue weighted by Gasteiger charge is -2.28. The van der Waals surface area contributed by atoms with E-state index in [-0.39, 0.29) is 12.5 Å². The zero-order valence-electron chi connectivity index (χ0n) is 14.1. The van der Waals surface area contributed by atoms with Gasteiger partial charge in [-0.25, -0.2) is 4.99 Å². The molecule has 3 N–H and O–H groups in total. The highest BCUT2D eigenvalue weighted by molar-refractivity contribution is 5.85. The molecule has 1 aromatic rings. The molecule has 0 radical (unpaired) electrons. The molecule has 2 rings (SSSR count). The molecular formula is C17H28N4O2. The maximum atomic E-state index is 11.9. The standard InChI is InChI=1S/C17H28N4O2/c1-3-18-17(21-14-8-6-13(2)7-9-14)20-12-16(22)19-11-15-5-4-10-23-15/h4-5,10,13-14H,3,6-9,11-12H2,1-2H3,(H,19,22)(H2,18,20,21). The minimum atomic E-state index is -0.115. The number of aliphatic imine (C=N–C) groups is 1. The van der Waals surface area contributed by atoms with Gasteiger partial charge in [0.2, 0.25) is 5.91 Å². The maximum absolute atomic E-state index is 11.9. The third-order valence-corrected chi connectivity index (χ3v) is 4.12. The number of nitrogens with one attached hydrogen (secondary N) is 3. The van der Waals surface area contributed by atoms with Crippen LogP contribution in [-0.4, -0.2) is 31.0 Å². The predicted octanol–water partition coefficient (Wildman–Crippen LogP) is 2.03. The van der Waals surface area contributed by atoms with E-state index in [0.29, 0.717) is 12.6 Å². The van der Waals surface area contributed by atoms with Crippen molar-refractivity contribution in [2.75, 3.05) is 13.1 Å². The van der Waals surface area contributed by atoms with Crippen molar-refractivity contribution in [3.05, 3.63) is 24.2 Å². The smallest absolute Gasteiger partial charge is 0.242 e. The van der Waals surface area contributed by atoms with E-state index in [9.17, 15) is 4.79 Å². The monoisotopic (exact) mass is 320 g/mol. The van der Waals surface area contributed by atoms with Gasteiger partial charge in [-0.15, -0.1) is 0 Å². The van der Waals surface area contributed by atoms with E-state index >= 15 is 0 Å². The van der Waals surface area contributed by atoms with Crippen molar-refractivity contribution in [3.8, 4) is 0 Å². The van der Waals surface area contributed by atoms with Gasteiger partial charge < -0.3 is 20.4 Å². The van der Waals surface area contributed by atoms with Crippen LogP contribution in [0.1, 0.15) is 45.3 Å². The molecule has 0 unspecified atom stereocenters. The molecule has 6 heteroatoms. The van der Waals surface area contributed by atoms with Crippen LogP contribution in [0.5, 0.6) is 0 Å². The topological polar surface area (TPSA) is 78.7 Å². The molecule has 1 amide bonds.